The lowest BCUT2D eigenvalue weighted by Gasteiger charge is -2.60. The molecule has 0 N–H and O–H groups in total. The Labute approximate surface area is 163 Å². The monoisotopic (exact) mass is 375 g/mol. The zero-order chi connectivity index (χ0) is 19.2. The topological polar surface area (TPSA) is 66.4 Å². The van der Waals surface area contributed by atoms with Crippen molar-refractivity contribution in [2.45, 2.75) is 97.0 Å². The summed E-state index contributed by atoms with van der Waals surface area (Å²) in [5.74, 6) is 1.68. The first kappa shape index (κ1) is 19.3. The molecule has 0 spiro atoms. The molecule has 4 rings (SSSR count). The zero-order valence-electron chi connectivity index (χ0n) is 17.0. The van der Waals surface area contributed by atoms with Crippen LogP contribution in [-0.4, -0.2) is 18.0 Å². The van der Waals surface area contributed by atoms with Crippen molar-refractivity contribution in [1.29, 1.82) is 0 Å². The Hall–Kier alpha value is -1.06. The average molecular weight is 376 g/mol. The van der Waals surface area contributed by atoms with Gasteiger partial charge in [-0.15, -0.1) is 0 Å². The highest BCUT2D eigenvalue weighted by Gasteiger charge is 2.60. The lowest BCUT2D eigenvalue weighted by atomic mass is 9.45. The van der Waals surface area contributed by atoms with Crippen LogP contribution < -0.4 is 5.11 Å². The van der Waals surface area contributed by atoms with E-state index in [4.69, 9.17) is 4.74 Å². The van der Waals surface area contributed by atoms with Gasteiger partial charge in [0, 0.05) is 11.4 Å². The SMILES string of the molecule is C[C@]12CCCC[C@@H]1CC[C@H]1[C@H]3CC[C@H](OC(=O)CCC(=O)[O-])[C@@]3(C)CC[C@@H]12. The molecule has 4 heteroatoms. The van der Waals surface area contributed by atoms with E-state index in [2.05, 4.69) is 13.8 Å². The van der Waals surface area contributed by atoms with Crippen molar-refractivity contribution in [2.75, 3.05) is 0 Å². The van der Waals surface area contributed by atoms with Gasteiger partial charge in [-0.3, -0.25) is 4.79 Å². The third-order valence-corrected chi connectivity index (χ3v) is 9.30. The number of aliphatic carboxylic acids is 1. The summed E-state index contributed by atoms with van der Waals surface area (Å²) in [6.45, 7) is 4.93. The minimum Gasteiger partial charge on any atom is -0.550 e. The fraction of sp³-hybridized carbons (Fsp3) is 0.913. The van der Waals surface area contributed by atoms with Gasteiger partial charge in [0.2, 0.25) is 0 Å². The Balaban J connectivity index is 1.46. The number of hydrogen-bond donors (Lipinski definition) is 0. The maximum atomic E-state index is 12.1. The number of carboxylic acid groups (broad SMARTS) is 1. The summed E-state index contributed by atoms with van der Waals surface area (Å²) < 4.78 is 5.82. The standard InChI is InChI=1S/C23H36O4/c1-22-13-4-3-5-15(22)6-7-16-17-8-9-19(23(17,2)14-12-18(16)22)27-21(26)11-10-20(24)25/h15-19H,3-14H2,1-2H3,(H,24,25)/p-1/t15-,16+,17-,18+,19+,22+,23+/m1/s1. The Morgan fingerprint density at radius 2 is 1.67 bits per heavy atom. The number of carbonyl (C=O) groups excluding carboxylic acids is 2. The van der Waals surface area contributed by atoms with E-state index in [1.165, 1.54) is 44.9 Å². The largest absolute Gasteiger partial charge is 0.550 e. The van der Waals surface area contributed by atoms with Crippen LogP contribution in [0.5, 0.6) is 0 Å². The van der Waals surface area contributed by atoms with E-state index in [9.17, 15) is 14.7 Å². The number of carbonyl (C=O) groups is 2. The molecular weight excluding hydrogens is 340 g/mol. The van der Waals surface area contributed by atoms with E-state index in [0.717, 1.165) is 37.0 Å². The molecular formula is C23H35O4-. The van der Waals surface area contributed by atoms with Gasteiger partial charge in [0.05, 0.1) is 6.42 Å². The predicted molar refractivity (Wildman–Crippen MR) is 100 cm³/mol. The molecule has 7 atom stereocenters. The average Bonchev–Trinajstić information content (AvgIpc) is 2.96. The second-order valence-corrected chi connectivity index (χ2v) is 10.4. The van der Waals surface area contributed by atoms with Crippen LogP contribution in [0.1, 0.15) is 90.9 Å². The Morgan fingerprint density at radius 3 is 2.44 bits per heavy atom. The van der Waals surface area contributed by atoms with E-state index in [0.29, 0.717) is 11.3 Å². The Kier molecular flexibility index (Phi) is 5.05. The molecule has 0 saturated heterocycles. The van der Waals surface area contributed by atoms with Crippen molar-refractivity contribution in [3.63, 3.8) is 0 Å². The van der Waals surface area contributed by atoms with Crippen LogP contribution in [0.4, 0.5) is 0 Å². The van der Waals surface area contributed by atoms with Gasteiger partial charge in [-0.05, 0) is 86.9 Å². The van der Waals surface area contributed by atoms with Crippen LogP contribution in [0.3, 0.4) is 0 Å². The number of ether oxygens (including phenoxy) is 1. The van der Waals surface area contributed by atoms with Crippen molar-refractivity contribution in [3.8, 4) is 0 Å². The molecule has 4 aliphatic carbocycles. The number of hydrogen-bond acceptors (Lipinski definition) is 4. The molecule has 0 unspecified atom stereocenters. The highest BCUT2D eigenvalue weighted by atomic mass is 16.5. The molecule has 0 bridgehead atoms. The third kappa shape index (κ3) is 3.21. The van der Waals surface area contributed by atoms with Crippen LogP contribution in [0.2, 0.25) is 0 Å². The molecule has 4 aliphatic rings. The summed E-state index contributed by atoms with van der Waals surface area (Å²) >= 11 is 0. The highest BCUT2D eigenvalue weighted by molar-refractivity contribution is 5.75. The first-order valence-electron chi connectivity index (χ1n) is 11.2. The number of carboxylic acids is 1. The second kappa shape index (κ2) is 7.08. The molecule has 0 aromatic carbocycles. The molecule has 0 radical (unpaired) electrons. The van der Waals surface area contributed by atoms with Gasteiger partial charge in [-0.25, -0.2) is 0 Å². The molecule has 152 valence electrons. The van der Waals surface area contributed by atoms with Crippen molar-refractivity contribution in [2.24, 2.45) is 34.5 Å². The number of rotatable bonds is 4. The van der Waals surface area contributed by atoms with Crippen molar-refractivity contribution in [1.82, 2.24) is 0 Å². The lowest BCUT2D eigenvalue weighted by Crippen LogP contribution is -2.53. The van der Waals surface area contributed by atoms with E-state index < -0.39 is 5.97 Å². The third-order valence-electron chi connectivity index (χ3n) is 9.30. The van der Waals surface area contributed by atoms with Crippen molar-refractivity contribution in [3.05, 3.63) is 0 Å². The van der Waals surface area contributed by atoms with Crippen LogP contribution in [0, 0.1) is 34.5 Å². The van der Waals surface area contributed by atoms with E-state index in [1.54, 1.807) is 0 Å². The predicted octanol–water partition coefficient (Wildman–Crippen LogP) is 3.86. The summed E-state index contributed by atoms with van der Waals surface area (Å²) in [6.07, 6.45) is 12.6. The molecule has 4 nitrogen and oxygen atoms in total. The van der Waals surface area contributed by atoms with E-state index >= 15 is 0 Å². The Morgan fingerprint density at radius 1 is 0.889 bits per heavy atom. The summed E-state index contributed by atoms with van der Waals surface area (Å²) in [5, 5.41) is 10.6. The molecule has 0 aliphatic heterocycles. The first-order chi connectivity index (χ1) is 12.8. The van der Waals surface area contributed by atoms with Gasteiger partial charge in [-0.1, -0.05) is 26.7 Å². The van der Waals surface area contributed by atoms with Gasteiger partial charge in [0.25, 0.3) is 0 Å². The molecule has 27 heavy (non-hydrogen) atoms. The van der Waals surface area contributed by atoms with Gasteiger partial charge >= 0.3 is 5.97 Å². The van der Waals surface area contributed by atoms with Gasteiger partial charge in [0.1, 0.15) is 6.10 Å². The molecule has 4 fully saturated rings. The number of esters is 1. The normalized spacial score (nSPS) is 46.1. The quantitative estimate of drug-likeness (QED) is 0.700. The second-order valence-electron chi connectivity index (χ2n) is 10.4. The molecule has 0 amide bonds. The molecule has 0 aromatic heterocycles. The first-order valence-corrected chi connectivity index (χ1v) is 11.2. The summed E-state index contributed by atoms with van der Waals surface area (Å²) in [7, 11) is 0. The minimum absolute atomic E-state index is 0.0328. The van der Waals surface area contributed by atoms with E-state index in [1.807, 2.05) is 0 Å². The van der Waals surface area contributed by atoms with Crippen LogP contribution >= 0.6 is 0 Å². The minimum atomic E-state index is -1.18. The van der Waals surface area contributed by atoms with Crippen LogP contribution in [0.15, 0.2) is 0 Å². The summed E-state index contributed by atoms with van der Waals surface area (Å²) in [6, 6.07) is 0. The maximum Gasteiger partial charge on any atom is 0.306 e. The Bertz CT molecular complexity index is 601. The lowest BCUT2D eigenvalue weighted by molar-refractivity contribution is -0.305. The zero-order valence-corrected chi connectivity index (χ0v) is 17.0. The fourth-order valence-corrected chi connectivity index (χ4v) is 7.86. The van der Waals surface area contributed by atoms with Gasteiger partial charge in [-0.2, -0.15) is 0 Å². The van der Waals surface area contributed by atoms with Crippen LogP contribution in [0.25, 0.3) is 0 Å². The smallest absolute Gasteiger partial charge is 0.306 e. The fourth-order valence-electron chi connectivity index (χ4n) is 7.86. The van der Waals surface area contributed by atoms with E-state index in [-0.39, 0.29) is 30.3 Å². The molecule has 0 aromatic rings. The van der Waals surface area contributed by atoms with Gasteiger partial charge < -0.3 is 14.6 Å². The summed E-state index contributed by atoms with van der Waals surface area (Å²) in [5.41, 5.74) is 0.613. The highest BCUT2D eigenvalue weighted by Crippen LogP contribution is 2.66. The van der Waals surface area contributed by atoms with Crippen LogP contribution in [-0.2, 0) is 14.3 Å². The molecule has 0 heterocycles. The summed E-state index contributed by atoms with van der Waals surface area (Å²) in [4.78, 5) is 22.7. The van der Waals surface area contributed by atoms with Crippen molar-refractivity contribution < 1.29 is 19.4 Å². The van der Waals surface area contributed by atoms with Crippen molar-refractivity contribution >= 4 is 11.9 Å². The maximum absolute atomic E-state index is 12.1. The number of fused-ring (bicyclic) bond motifs is 5. The van der Waals surface area contributed by atoms with Gasteiger partial charge in [0.15, 0.2) is 0 Å². The molecule has 4 saturated carbocycles.